The van der Waals surface area contributed by atoms with Gasteiger partial charge in [0.15, 0.2) is 0 Å². The van der Waals surface area contributed by atoms with Gasteiger partial charge in [-0.1, -0.05) is 117 Å². The molecule has 0 saturated carbocycles. The SMILES string of the molecule is Cc1cc(-c2c3ccccc3c(-c3ccc4c(c3)C(C)(C)c3cc5ccccc5cc3-4)c3ccccc23)cc2c1oc1ccccc12. The summed E-state index contributed by atoms with van der Waals surface area (Å²) in [6, 6.07) is 51.6. The maximum atomic E-state index is 6.32. The topological polar surface area (TPSA) is 13.1 Å². The molecule has 0 atom stereocenters. The van der Waals surface area contributed by atoms with Gasteiger partial charge in [0.25, 0.3) is 0 Å². The smallest absolute Gasteiger partial charge is 0.138 e. The quantitative estimate of drug-likeness (QED) is 0.180. The Morgan fingerprint density at radius 3 is 1.68 bits per heavy atom. The van der Waals surface area contributed by atoms with Crippen molar-refractivity contribution in [3.05, 3.63) is 156 Å². The van der Waals surface area contributed by atoms with Crippen LogP contribution in [0.25, 0.3) is 87.6 Å². The van der Waals surface area contributed by atoms with Gasteiger partial charge < -0.3 is 4.42 Å². The molecule has 9 aromatic rings. The highest BCUT2D eigenvalue weighted by Gasteiger charge is 2.36. The van der Waals surface area contributed by atoms with Crippen LogP contribution in [0, 0.1) is 6.92 Å². The minimum absolute atomic E-state index is 0.101. The predicted molar refractivity (Wildman–Crippen MR) is 199 cm³/mol. The molecular formula is C46H32O. The van der Waals surface area contributed by atoms with Crippen molar-refractivity contribution >= 4 is 54.3 Å². The zero-order chi connectivity index (χ0) is 31.4. The Hall–Kier alpha value is -5.66. The first-order valence-corrected chi connectivity index (χ1v) is 16.5. The fourth-order valence-corrected chi connectivity index (χ4v) is 8.47. The first-order chi connectivity index (χ1) is 23.0. The molecule has 0 radical (unpaired) electrons. The summed E-state index contributed by atoms with van der Waals surface area (Å²) >= 11 is 0. The summed E-state index contributed by atoms with van der Waals surface area (Å²) in [5, 5.41) is 10.0. The highest BCUT2D eigenvalue weighted by Crippen LogP contribution is 2.52. The van der Waals surface area contributed by atoms with Gasteiger partial charge >= 0.3 is 0 Å². The Bertz CT molecular complexity index is 2720. The number of aryl methyl sites for hydroxylation is 1. The van der Waals surface area contributed by atoms with E-state index in [-0.39, 0.29) is 5.41 Å². The Morgan fingerprint density at radius 1 is 0.447 bits per heavy atom. The molecule has 1 aliphatic carbocycles. The third-order valence-corrected chi connectivity index (χ3v) is 10.7. The Kier molecular flexibility index (Phi) is 5.33. The van der Waals surface area contributed by atoms with E-state index in [1.54, 1.807) is 0 Å². The molecular weight excluding hydrogens is 569 g/mol. The first kappa shape index (κ1) is 26.5. The van der Waals surface area contributed by atoms with Crippen LogP contribution in [0.1, 0.15) is 30.5 Å². The number of rotatable bonds is 2. The van der Waals surface area contributed by atoms with Crippen molar-refractivity contribution in [2.45, 2.75) is 26.2 Å². The molecule has 1 aromatic heterocycles. The lowest BCUT2D eigenvalue weighted by molar-refractivity contribution is 0.661. The van der Waals surface area contributed by atoms with Gasteiger partial charge in [-0.2, -0.15) is 0 Å². The van der Waals surface area contributed by atoms with Crippen LogP contribution in [0.5, 0.6) is 0 Å². The fourth-order valence-electron chi connectivity index (χ4n) is 8.47. The van der Waals surface area contributed by atoms with Gasteiger partial charge in [-0.15, -0.1) is 0 Å². The van der Waals surface area contributed by atoms with Crippen LogP contribution in [-0.2, 0) is 5.41 Å². The maximum absolute atomic E-state index is 6.32. The zero-order valence-corrected chi connectivity index (χ0v) is 26.7. The van der Waals surface area contributed by atoms with Crippen molar-refractivity contribution in [2.24, 2.45) is 0 Å². The maximum Gasteiger partial charge on any atom is 0.138 e. The molecule has 0 bridgehead atoms. The van der Waals surface area contributed by atoms with E-state index in [0.29, 0.717) is 0 Å². The van der Waals surface area contributed by atoms with E-state index in [4.69, 9.17) is 4.42 Å². The molecule has 0 unspecified atom stereocenters. The summed E-state index contributed by atoms with van der Waals surface area (Å²) in [6.45, 7) is 6.93. The van der Waals surface area contributed by atoms with Crippen molar-refractivity contribution in [1.29, 1.82) is 0 Å². The van der Waals surface area contributed by atoms with Crippen molar-refractivity contribution in [1.82, 2.24) is 0 Å². The van der Waals surface area contributed by atoms with Gasteiger partial charge in [-0.25, -0.2) is 0 Å². The van der Waals surface area contributed by atoms with Crippen LogP contribution in [0.4, 0.5) is 0 Å². The largest absolute Gasteiger partial charge is 0.456 e. The minimum Gasteiger partial charge on any atom is -0.456 e. The summed E-state index contributed by atoms with van der Waals surface area (Å²) in [7, 11) is 0. The third kappa shape index (κ3) is 3.66. The average Bonchev–Trinajstić information content (AvgIpc) is 3.58. The number of benzene rings is 8. The third-order valence-electron chi connectivity index (χ3n) is 10.7. The summed E-state index contributed by atoms with van der Waals surface area (Å²) < 4.78 is 6.32. The van der Waals surface area contributed by atoms with Gasteiger partial charge in [-0.3, -0.25) is 0 Å². The molecule has 8 aromatic carbocycles. The molecule has 0 fully saturated rings. The van der Waals surface area contributed by atoms with Gasteiger partial charge in [-0.05, 0) is 126 Å². The van der Waals surface area contributed by atoms with E-state index < -0.39 is 0 Å². The van der Waals surface area contributed by atoms with Crippen LogP contribution in [0.2, 0.25) is 0 Å². The molecule has 0 aliphatic heterocycles. The van der Waals surface area contributed by atoms with Crippen LogP contribution >= 0.6 is 0 Å². The molecule has 10 rings (SSSR count). The summed E-state index contributed by atoms with van der Waals surface area (Å²) in [5.41, 5.74) is 13.5. The predicted octanol–water partition coefficient (Wildman–Crippen LogP) is 13.0. The second-order valence-electron chi connectivity index (χ2n) is 13.7. The van der Waals surface area contributed by atoms with Crippen LogP contribution in [-0.4, -0.2) is 0 Å². The Balaban J connectivity index is 1.24. The second-order valence-corrected chi connectivity index (χ2v) is 13.7. The van der Waals surface area contributed by atoms with Gasteiger partial charge in [0.05, 0.1) is 0 Å². The monoisotopic (exact) mass is 600 g/mol. The number of fused-ring (bicyclic) bond motifs is 9. The van der Waals surface area contributed by atoms with E-state index in [0.717, 1.165) is 22.1 Å². The lowest BCUT2D eigenvalue weighted by atomic mass is 9.80. The number of para-hydroxylation sites is 1. The molecule has 0 saturated heterocycles. The minimum atomic E-state index is -0.101. The lowest BCUT2D eigenvalue weighted by Crippen LogP contribution is -2.15. The lowest BCUT2D eigenvalue weighted by Gasteiger charge is -2.23. The number of hydrogen-bond acceptors (Lipinski definition) is 1. The van der Waals surface area contributed by atoms with Crippen LogP contribution in [0.3, 0.4) is 0 Å². The van der Waals surface area contributed by atoms with Gasteiger partial charge in [0, 0.05) is 16.2 Å². The number of hydrogen-bond donors (Lipinski definition) is 0. The normalized spacial score (nSPS) is 13.6. The van der Waals surface area contributed by atoms with Gasteiger partial charge in [0.1, 0.15) is 11.2 Å². The van der Waals surface area contributed by atoms with Crippen molar-refractivity contribution in [3.8, 4) is 33.4 Å². The summed E-state index contributed by atoms with van der Waals surface area (Å²) in [5.74, 6) is 0. The molecule has 222 valence electrons. The average molecular weight is 601 g/mol. The zero-order valence-electron chi connectivity index (χ0n) is 26.7. The molecule has 0 spiro atoms. The van der Waals surface area contributed by atoms with Crippen molar-refractivity contribution < 1.29 is 4.42 Å². The van der Waals surface area contributed by atoms with Crippen molar-refractivity contribution in [3.63, 3.8) is 0 Å². The highest BCUT2D eigenvalue weighted by atomic mass is 16.3. The summed E-state index contributed by atoms with van der Waals surface area (Å²) in [6.07, 6.45) is 0. The van der Waals surface area contributed by atoms with Crippen molar-refractivity contribution in [2.75, 3.05) is 0 Å². The van der Waals surface area contributed by atoms with E-state index in [2.05, 4.69) is 154 Å². The van der Waals surface area contributed by atoms with E-state index in [1.165, 1.54) is 82.2 Å². The molecule has 0 amide bonds. The highest BCUT2D eigenvalue weighted by molar-refractivity contribution is 6.22. The second kappa shape index (κ2) is 9.44. The fraction of sp³-hybridized carbons (Fsp3) is 0.0870. The first-order valence-electron chi connectivity index (χ1n) is 16.5. The van der Waals surface area contributed by atoms with E-state index in [1.807, 2.05) is 6.07 Å². The van der Waals surface area contributed by atoms with Crippen LogP contribution < -0.4 is 0 Å². The summed E-state index contributed by atoms with van der Waals surface area (Å²) in [4.78, 5) is 0. The molecule has 0 N–H and O–H groups in total. The Labute approximate surface area is 273 Å². The molecule has 1 nitrogen and oxygen atoms in total. The standard InChI is InChI=1S/C46H32O/c1-27-22-31(24-39-33-14-10-11-19-42(33)47-45(27)39)44-36-17-8-6-15-34(36)43(35-16-7-9-18-37(35)44)30-20-21-32-38-23-28-12-4-5-13-29(28)25-41(38)46(2,3)40(32)26-30/h4-26H,1-3H3. The molecule has 47 heavy (non-hydrogen) atoms. The number of furan rings is 1. The van der Waals surface area contributed by atoms with E-state index >= 15 is 0 Å². The molecule has 1 aliphatic rings. The van der Waals surface area contributed by atoms with E-state index in [9.17, 15) is 0 Å². The Morgan fingerprint density at radius 2 is 1.00 bits per heavy atom. The van der Waals surface area contributed by atoms with Gasteiger partial charge in [0.2, 0.25) is 0 Å². The molecule has 1 heterocycles. The van der Waals surface area contributed by atoms with Crippen LogP contribution in [0.15, 0.2) is 144 Å². The molecule has 1 heteroatoms.